The van der Waals surface area contributed by atoms with Gasteiger partial charge in [0.1, 0.15) is 17.2 Å². The number of nitrogens with zero attached hydrogens (tertiary/aromatic N) is 2. The van der Waals surface area contributed by atoms with Gasteiger partial charge in [0.2, 0.25) is 5.43 Å². The molecule has 1 aromatic heterocycles. The summed E-state index contributed by atoms with van der Waals surface area (Å²) >= 11 is 0. The first-order chi connectivity index (χ1) is 14.8. The number of nitrogens with one attached hydrogen (secondary N) is 1. The summed E-state index contributed by atoms with van der Waals surface area (Å²) < 4.78 is 38.2. The number of hydrogen-bond donors (Lipinski definition) is 2. The number of aromatic hydroxyl groups is 1. The highest BCUT2D eigenvalue weighted by Gasteiger charge is 2.32. The van der Waals surface area contributed by atoms with Gasteiger partial charge in [0.05, 0.1) is 6.54 Å². The third-order valence-electron chi connectivity index (χ3n) is 4.95. The number of fused-ring (bicyclic) bond motifs is 1. The van der Waals surface area contributed by atoms with Crippen molar-refractivity contribution >= 4 is 11.8 Å². The highest BCUT2D eigenvalue weighted by atomic mass is 19.1. The second-order valence-electron chi connectivity index (χ2n) is 6.83. The number of carbonyl (C=O) groups excluding carboxylic acids is 2. The maximum atomic E-state index is 13.7. The number of halogens is 2. The van der Waals surface area contributed by atoms with Crippen LogP contribution in [0.2, 0.25) is 0 Å². The summed E-state index contributed by atoms with van der Waals surface area (Å²) in [5, 5.41) is 12.7. The van der Waals surface area contributed by atoms with Crippen LogP contribution in [-0.4, -0.2) is 60.0 Å². The van der Waals surface area contributed by atoms with Gasteiger partial charge in [0.15, 0.2) is 17.7 Å². The predicted molar refractivity (Wildman–Crippen MR) is 104 cm³/mol. The van der Waals surface area contributed by atoms with Gasteiger partial charge in [-0.25, -0.2) is 8.78 Å². The van der Waals surface area contributed by atoms with Crippen molar-refractivity contribution in [2.75, 3.05) is 27.3 Å². The average molecular weight is 437 g/mol. The Morgan fingerprint density at radius 2 is 1.94 bits per heavy atom. The number of amides is 2. The van der Waals surface area contributed by atoms with Gasteiger partial charge in [-0.3, -0.25) is 14.4 Å². The van der Waals surface area contributed by atoms with Crippen LogP contribution in [0.4, 0.5) is 8.78 Å². The van der Waals surface area contributed by atoms with E-state index in [-0.39, 0.29) is 37.4 Å². The van der Waals surface area contributed by atoms with Crippen molar-refractivity contribution < 1.29 is 33.0 Å². The zero-order valence-electron chi connectivity index (χ0n) is 16.9. The Kier molecular flexibility index (Phi) is 6.66. The molecule has 0 unspecified atom stereocenters. The van der Waals surface area contributed by atoms with Crippen molar-refractivity contribution in [3.8, 4) is 5.75 Å². The molecule has 3 rings (SSSR count). The van der Waals surface area contributed by atoms with E-state index in [9.17, 15) is 28.3 Å². The Bertz CT molecular complexity index is 1070. The third-order valence-corrected chi connectivity index (χ3v) is 4.95. The van der Waals surface area contributed by atoms with Gasteiger partial charge in [-0.05, 0) is 6.07 Å². The van der Waals surface area contributed by atoms with Crippen LogP contribution in [0.25, 0.3) is 0 Å². The maximum absolute atomic E-state index is 13.7. The smallest absolute Gasteiger partial charge is 0.274 e. The lowest BCUT2D eigenvalue weighted by molar-refractivity contribution is -0.112. The minimum Gasteiger partial charge on any atom is -0.503 e. The van der Waals surface area contributed by atoms with Gasteiger partial charge in [-0.1, -0.05) is 6.07 Å². The molecule has 166 valence electrons. The van der Waals surface area contributed by atoms with E-state index in [4.69, 9.17) is 9.47 Å². The molecule has 0 bridgehead atoms. The van der Waals surface area contributed by atoms with Gasteiger partial charge in [-0.15, -0.1) is 0 Å². The molecule has 2 N–H and O–H groups in total. The standard InChI is InChI=1S/C20H21F2N3O6/c1-30-15(31-2)10-25-6-5-24-9-13(17(26)18(27)16(24)20(25)29)19(28)23-8-11-3-4-12(21)7-14(11)22/h3-4,7,9,15,27H,5-6,8,10H2,1-2H3,(H,23,28). The highest BCUT2D eigenvalue weighted by Crippen LogP contribution is 2.21. The molecule has 1 aliphatic heterocycles. The summed E-state index contributed by atoms with van der Waals surface area (Å²) in [7, 11) is 2.84. The number of aromatic nitrogens is 1. The lowest BCUT2D eigenvalue weighted by atomic mass is 10.1. The van der Waals surface area contributed by atoms with Gasteiger partial charge in [0.25, 0.3) is 11.8 Å². The summed E-state index contributed by atoms with van der Waals surface area (Å²) in [6.45, 7) is 0.237. The predicted octanol–water partition coefficient (Wildman–Crippen LogP) is 0.837. The van der Waals surface area contributed by atoms with Crippen LogP contribution in [0, 0.1) is 11.6 Å². The number of ether oxygens (including phenoxy) is 2. The topological polar surface area (TPSA) is 110 Å². The first-order valence-electron chi connectivity index (χ1n) is 9.30. The van der Waals surface area contributed by atoms with Gasteiger partial charge < -0.3 is 29.4 Å². The summed E-state index contributed by atoms with van der Waals surface area (Å²) in [6, 6.07) is 2.89. The Balaban J connectivity index is 1.82. The fourth-order valence-corrected chi connectivity index (χ4v) is 3.23. The molecule has 0 spiro atoms. The highest BCUT2D eigenvalue weighted by molar-refractivity contribution is 5.99. The maximum Gasteiger partial charge on any atom is 0.274 e. The first kappa shape index (κ1) is 22.4. The van der Waals surface area contributed by atoms with Crippen molar-refractivity contribution in [3.05, 3.63) is 63.1 Å². The van der Waals surface area contributed by atoms with Crippen LogP contribution in [0.5, 0.6) is 5.75 Å². The first-order valence-corrected chi connectivity index (χ1v) is 9.30. The van der Waals surface area contributed by atoms with Crippen LogP contribution >= 0.6 is 0 Å². The molecule has 31 heavy (non-hydrogen) atoms. The van der Waals surface area contributed by atoms with E-state index in [1.54, 1.807) is 0 Å². The molecule has 2 amide bonds. The largest absolute Gasteiger partial charge is 0.503 e. The second kappa shape index (κ2) is 9.23. The molecule has 0 radical (unpaired) electrons. The van der Waals surface area contributed by atoms with E-state index < -0.39 is 46.5 Å². The summed E-state index contributed by atoms with van der Waals surface area (Å²) in [5.74, 6) is -3.94. The Hall–Kier alpha value is -3.31. The van der Waals surface area contributed by atoms with Crippen LogP contribution in [0.3, 0.4) is 0 Å². The van der Waals surface area contributed by atoms with Crippen molar-refractivity contribution in [1.29, 1.82) is 0 Å². The third kappa shape index (κ3) is 4.57. The number of carbonyl (C=O) groups is 2. The van der Waals surface area contributed by atoms with Gasteiger partial charge in [-0.2, -0.15) is 0 Å². The normalized spacial score (nSPS) is 13.5. The molecular weight excluding hydrogens is 416 g/mol. The van der Waals surface area contributed by atoms with Crippen LogP contribution < -0.4 is 10.7 Å². The molecule has 1 aromatic carbocycles. The second-order valence-corrected chi connectivity index (χ2v) is 6.83. The molecule has 0 saturated carbocycles. The molecule has 1 aliphatic rings. The summed E-state index contributed by atoms with van der Waals surface area (Å²) in [4.78, 5) is 39.1. The van der Waals surface area contributed by atoms with E-state index in [2.05, 4.69) is 5.32 Å². The number of hydrogen-bond acceptors (Lipinski definition) is 6. The molecule has 2 heterocycles. The van der Waals surface area contributed by atoms with Gasteiger partial charge in [0, 0.05) is 51.7 Å². The fourth-order valence-electron chi connectivity index (χ4n) is 3.23. The average Bonchev–Trinajstić information content (AvgIpc) is 2.74. The molecular formula is C20H21F2N3O6. The number of rotatable bonds is 7. The summed E-state index contributed by atoms with van der Waals surface area (Å²) in [6.07, 6.45) is 0.494. The Morgan fingerprint density at radius 1 is 1.23 bits per heavy atom. The van der Waals surface area contributed by atoms with Crippen molar-refractivity contribution in [3.63, 3.8) is 0 Å². The fraction of sp³-hybridized carbons (Fsp3) is 0.350. The molecule has 0 aliphatic carbocycles. The Labute approximate surface area is 175 Å². The van der Waals surface area contributed by atoms with Crippen LogP contribution in [0.1, 0.15) is 26.4 Å². The van der Waals surface area contributed by atoms with E-state index >= 15 is 0 Å². The molecule has 11 heteroatoms. The monoisotopic (exact) mass is 437 g/mol. The summed E-state index contributed by atoms with van der Waals surface area (Å²) in [5.41, 5.74) is -1.66. The van der Waals surface area contributed by atoms with Crippen LogP contribution in [0.15, 0.2) is 29.2 Å². The quantitative estimate of drug-likeness (QED) is 0.622. The van der Waals surface area contributed by atoms with Crippen molar-refractivity contribution in [2.24, 2.45) is 0 Å². The number of methoxy groups -OCH3 is 2. The minimum atomic E-state index is -1.03. The molecule has 9 nitrogen and oxygen atoms in total. The Morgan fingerprint density at radius 3 is 2.58 bits per heavy atom. The van der Waals surface area contributed by atoms with Crippen LogP contribution in [-0.2, 0) is 22.6 Å². The van der Waals surface area contributed by atoms with Crippen molar-refractivity contribution in [1.82, 2.24) is 14.8 Å². The SMILES string of the molecule is COC(CN1CCn2cc(C(=O)NCc3ccc(F)cc3F)c(=O)c(O)c2C1=O)OC. The molecule has 0 atom stereocenters. The number of pyridine rings is 1. The number of benzene rings is 1. The lowest BCUT2D eigenvalue weighted by Gasteiger charge is -2.32. The lowest BCUT2D eigenvalue weighted by Crippen LogP contribution is -2.46. The molecule has 2 aromatic rings. The van der Waals surface area contributed by atoms with Crippen molar-refractivity contribution in [2.45, 2.75) is 19.4 Å². The minimum absolute atomic E-state index is 0.0219. The molecule has 0 saturated heterocycles. The zero-order chi connectivity index (χ0) is 22.7. The zero-order valence-corrected chi connectivity index (χ0v) is 16.9. The van der Waals surface area contributed by atoms with E-state index in [0.717, 1.165) is 6.07 Å². The van der Waals surface area contributed by atoms with Gasteiger partial charge >= 0.3 is 0 Å². The van der Waals surface area contributed by atoms with E-state index in [0.29, 0.717) is 6.07 Å². The molecule has 0 fully saturated rings. The van der Waals surface area contributed by atoms with E-state index in [1.165, 1.54) is 35.9 Å². The van der Waals surface area contributed by atoms with E-state index in [1.807, 2.05) is 0 Å².